The van der Waals surface area contributed by atoms with E-state index in [2.05, 4.69) is 21.3 Å². The molecule has 10 heteroatoms. The zero-order valence-corrected chi connectivity index (χ0v) is 25.2. The highest BCUT2D eigenvalue weighted by molar-refractivity contribution is 6.42. The summed E-state index contributed by atoms with van der Waals surface area (Å²) in [5.74, 6) is 0.143. The van der Waals surface area contributed by atoms with Crippen LogP contribution in [-0.2, 0) is 27.2 Å². The largest absolute Gasteiger partial charge is 0.492 e. The summed E-state index contributed by atoms with van der Waals surface area (Å²) in [5.41, 5.74) is 1.88. The number of carbonyl (C=O) groups is 3. The van der Waals surface area contributed by atoms with E-state index in [0.29, 0.717) is 48.5 Å². The summed E-state index contributed by atoms with van der Waals surface area (Å²) < 4.78 is 6.08. The van der Waals surface area contributed by atoms with Crippen LogP contribution in [0.15, 0.2) is 42.5 Å². The average molecular weight is 604 g/mol. The van der Waals surface area contributed by atoms with Crippen molar-refractivity contribution in [3.8, 4) is 5.75 Å². The van der Waals surface area contributed by atoms with Crippen molar-refractivity contribution < 1.29 is 19.1 Å². The van der Waals surface area contributed by atoms with Crippen LogP contribution in [0.2, 0.25) is 10.0 Å². The highest BCUT2D eigenvalue weighted by Gasteiger charge is 2.34. The van der Waals surface area contributed by atoms with E-state index in [4.69, 9.17) is 27.9 Å². The number of amides is 3. The molecule has 4 rings (SSSR count). The van der Waals surface area contributed by atoms with Gasteiger partial charge in [-0.15, -0.1) is 0 Å². The molecule has 1 aliphatic carbocycles. The lowest BCUT2D eigenvalue weighted by atomic mass is 10.00. The first-order valence-electron chi connectivity index (χ1n) is 14.5. The first-order valence-corrected chi connectivity index (χ1v) is 15.2. The Morgan fingerprint density at radius 3 is 2.41 bits per heavy atom. The van der Waals surface area contributed by atoms with Gasteiger partial charge in [-0.25, -0.2) is 0 Å². The number of hydrogen-bond donors (Lipinski definition) is 4. The van der Waals surface area contributed by atoms with Gasteiger partial charge in [0.2, 0.25) is 17.7 Å². The van der Waals surface area contributed by atoms with Gasteiger partial charge < -0.3 is 26.0 Å². The molecular weight excluding hydrogens is 563 g/mol. The maximum Gasteiger partial charge on any atom is 0.243 e. The summed E-state index contributed by atoms with van der Waals surface area (Å²) >= 11 is 12.3. The van der Waals surface area contributed by atoms with E-state index in [1.165, 1.54) is 0 Å². The van der Waals surface area contributed by atoms with Crippen LogP contribution >= 0.6 is 23.2 Å². The van der Waals surface area contributed by atoms with Crippen molar-refractivity contribution in [3.63, 3.8) is 0 Å². The monoisotopic (exact) mass is 602 g/mol. The minimum Gasteiger partial charge on any atom is -0.492 e. The molecule has 0 radical (unpaired) electrons. The van der Waals surface area contributed by atoms with Crippen LogP contribution in [0.5, 0.6) is 5.75 Å². The van der Waals surface area contributed by atoms with Gasteiger partial charge in [-0.3, -0.25) is 14.4 Å². The molecule has 8 nitrogen and oxygen atoms in total. The molecule has 3 atom stereocenters. The number of carbonyl (C=O) groups excluding carboxylic acids is 3. The van der Waals surface area contributed by atoms with Crippen molar-refractivity contribution in [1.29, 1.82) is 0 Å². The second-order valence-corrected chi connectivity index (χ2v) is 12.1. The third kappa shape index (κ3) is 9.35. The first kappa shape index (κ1) is 31.1. The molecular formula is C31H40Cl2N4O4. The van der Waals surface area contributed by atoms with E-state index in [0.717, 1.165) is 42.6 Å². The van der Waals surface area contributed by atoms with E-state index in [1.54, 1.807) is 12.1 Å². The summed E-state index contributed by atoms with van der Waals surface area (Å²) in [7, 11) is 0. The second-order valence-electron chi connectivity index (χ2n) is 11.3. The van der Waals surface area contributed by atoms with Crippen LogP contribution in [0.1, 0.15) is 50.7 Å². The molecule has 0 spiro atoms. The van der Waals surface area contributed by atoms with Gasteiger partial charge in [-0.05, 0) is 66.8 Å². The summed E-state index contributed by atoms with van der Waals surface area (Å²) in [6.07, 6.45) is 4.52. The number of ether oxygens (including phenoxy) is 1. The number of hydrogen-bond acceptors (Lipinski definition) is 5. The molecule has 0 aromatic heterocycles. The SMILES string of the molecule is CC(C)[C@H]1NC(=O)[C@@H](Cc2ccc(Cl)c(Cl)c2)NCCOc2ccccc2CCCNC(=O)[C@H](CC2CC2)NC1=O. The first-order chi connectivity index (χ1) is 19.7. The summed E-state index contributed by atoms with van der Waals surface area (Å²) in [6.45, 7) is 4.99. The molecule has 1 saturated carbocycles. The minimum absolute atomic E-state index is 0.191. The number of para-hydroxylation sites is 1. The number of rotatable bonds is 5. The van der Waals surface area contributed by atoms with E-state index in [9.17, 15) is 14.4 Å². The van der Waals surface area contributed by atoms with Crippen LogP contribution in [0.4, 0.5) is 0 Å². The van der Waals surface area contributed by atoms with Crippen LogP contribution in [-0.4, -0.2) is 55.5 Å². The lowest BCUT2D eigenvalue weighted by Gasteiger charge is -2.27. The Kier molecular flexibility index (Phi) is 11.3. The number of aryl methyl sites for hydroxylation is 1. The topological polar surface area (TPSA) is 109 Å². The van der Waals surface area contributed by atoms with E-state index >= 15 is 0 Å². The smallest absolute Gasteiger partial charge is 0.243 e. The fourth-order valence-corrected chi connectivity index (χ4v) is 5.31. The molecule has 2 aromatic carbocycles. The molecule has 0 unspecified atom stereocenters. The molecule has 1 heterocycles. The predicted molar refractivity (Wildman–Crippen MR) is 161 cm³/mol. The lowest BCUT2D eigenvalue weighted by molar-refractivity contribution is -0.133. The number of fused-ring (bicyclic) bond motifs is 1. The molecule has 41 heavy (non-hydrogen) atoms. The quantitative estimate of drug-likeness (QED) is 0.413. The van der Waals surface area contributed by atoms with Crippen LogP contribution in [0.3, 0.4) is 0 Å². The standard InChI is InChI=1S/C31H40Cl2N4O4/c1-19(2)28-31(40)36-26(17-20-9-10-20)29(38)35-13-5-7-22-6-3-4-8-27(22)41-15-14-34-25(30(39)37-28)18-21-11-12-23(32)24(33)16-21/h3-4,6,8,11-12,16,19-20,25-26,28,34H,5,7,9-10,13-15,17-18H2,1-2H3,(H,35,38)(H,36,40)(H,37,39)/t25-,26+,28-/m1/s1. The van der Waals surface area contributed by atoms with Gasteiger partial charge in [0, 0.05) is 13.1 Å². The summed E-state index contributed by atoms with van der Waals surface area (Å²) in [4.78, 5) is 40.2. The Morgan fingerprint density at radius 2 is 1.68 bits per heavy atom. The third-order valence-corrected chi connectivity index (χ3v) is 8.27. The second kappa shape index (κ2) is 14.9. The van der Waals surface area contributed by atoms with Crippen molar-refractivity contribution >= 4 is 40.9 Å². The van der Waals surface area contributed by atoms with Gasteiger partial charge >= 0.3 is 0 Å². The van der Waals surface area contributed by atoms with E-state index in [-0.39, 0.29) is 23.6 Å². The molecule has 2 aliphatic rings. The maximum atomic E-state index is 13.6. The fourth-order valence-electron chi connectivity index (χ4n) is 4.99. The Balaban J connectivity index is 1.57. The zero-order chi connectivity index (χ0) is 29.4. The van der Waals surface area contributed by atoms with Crippen LogP contribution in [0, 0.1) is 11.8 Å². The molecule has 1 aliphatic heterocycles. The van der Waals surface area contributed by atoms with Crippen molar-refractivity contribution in [2.24, 2.45) is 11.8 Å². The normalized spacial score (nSPS) is 23.3. The molecule has 0 saturated heterocycles. The Morgan fingerprint density at radius 1 is 0.902 bits per heavy atom. The number of halogens is 2. The molecule has 4 N–H and O–H groups in total. The van der Waals surface area contributed by atoms with Gasteiger partial charge in [0.05, 0.1) is 16.1 Å². The van der Waals surface area contributed by atoms with Crippen LogP contribution in [0.25, 0.3) is 0 Å². The summed E-state index contributed by atoms with van der Waals surface area (Å²) in [5, 5.41) is 13.0. The lowest BCUT2D eigenvalue weighted by Crippen LogP contribution is -2.58. The van der Waals surface area contributed by atoms with Crippen molar-refractivity contribution in [3.05, 3.63) is 63.6 Å². The van der Waals surface area contributed by atoms with Gasteiger partial charge in [-0.1, -0.05) is 74.2 Å². The molecule has 1 fully saturated rings. The van der Waals surface area contributed by atoms with E-state index < -0.39 is 18.1 Å². The molecule has 0 bridgehead atoms. The Hall–Kier alpha value is -2.81. The Labute approximate surface area is 252 Å². The third-order valence-electron chi connectivity index (χ3n) is 7.53. The van der Waals surface area contributed by atoms with Gasteiger partial charge in [0.25, 0.3) is 0 Å². The van der Waals surface area contributed by atoms with E-state index in [1.807, 2.05) is 44.2 Å². The average Bonchev–Trinajstić information content (AvgIpc) is 3.76. The maximum absolute atomic E-state index is 13.6. The predicted octanol–water partition coefficient (Wildman–Crippen LogP) is 4.06. The molecule has 3 amide bonds. The fraction of sp³-hybridized carbons (Fsp3) is 0.516. The number of benzene rings is 2. The van der Waals surface area contributed by atoms with Crippen molar-refractivity contribution in [2.45, 2.75) is 70.5 Å². The molecule has 222 valence electrons. The highest BCUT2D eigenvalue weighted by atomic mass is 35.5. The van der Waals surface area contributed by atoms with Gasteiger partial charge in [-0.2, -0.15) is 0 Å². The highest BCUT2D eigenvalue weighted by Crippen LogP contribution is 2.33. The number of nitrogens with one attached hydrogen (secondary N) is 4. The Bertz CT molecular complexity index is 1220. The van der Waals surface area contributed by atoms with Crippen molar-refractivity contribution in [2.75, 3.05) is 19.7 Å². The minimum atomic E-state index is -0.808. The van der Waals surface area contributed by atoms with Gasteiger partial charge in [0.15, 0.2) is 0 Å². The molecule has 2 aromatic rings. The van der Waals surface area contributed by atoms with Crippen LogP contribution < -0.4 is 26.0 Å². The zero-order valence-electron chi connectivity index (χ0n) is 23.7. The summed E-state index contributed by atoms with van der Waals surface area (Å²) in [6, 6.07) is 11.0. The van der Waals surface area contributed by atoms with Gasteiger partial charge in [0.1, 0.15) is 24.4 Å². The van der Waals surface area contributed by atoms with Crippen molar-refractivity contribution in [1.82, 2.24) is 21.3 Å².